The number of para-hydroxylation sites is 1. The molecule has 0 atom stereocenters. The number of carboxylic acid groups (broad SMARTS) is 1. The van der Waals surface area contributed by atoms with Crippen molar-refractivity contribution in [3.63, 3.8) is 0 Å². The number of carbonyl (C=O) groups is 1. The molecule has 19 heavy (non-hydrogen) atoms. The summed E-state index contributed by atoms with van der Waals surface area (Å²) < 4.78 is 0. The van der Waals surface area contributed by atoms with Crippen LogP contribution >= 0.6 is 34.5 Å². The van der Waals surface area contributed by atoms with E-state index in [1.807, 2.05) is 0 Å². The van der Waals surface area contributed by atoms with E-state index in [2.05, 4.69) is 5.32 Å². The molecule has 94 valence electrons. The molecular formula is C12H8Cl2NNaO2S. The van der Waals surface area contributed by atoms with Gasteiger partial charge in [-0.05, 0) is 23.1 Å². The van der Waals surface area contributed by atoms with E-state index in [1.165, 1.54) is 11.3 Å². The van der Waals surface area contributed by atoms with Gasteiger partial charge in [-0.2, -0.15) is 0 Å². The molecule has 2 rings (SSSR count). The summed E-state index contributed by atoms with van der Waals surface area (Å²) in [7, 11) is 0. The largest absolute Gasteiger partial charge is 1.00 e. The molecule has 0 aliphatic heterocycles. The maximum Gasteiger partial charge on any atom is 1.00 e. The van der Waals surface area contributed by atoms with Gasteiger partial charge in [0, 0.05) is 17.8 Å². The Morgan fingerprint density at radius 3 is 2.47 bits per heavy atom. The van der Waals surface area contributed by atoms with Gasteiger partial charge in [0.25, 0.3) is 0 Å². The Hall–Kier alpha value is -0.230. The van der Waals surface area contributed by atoms with Crippen molar-refractivity contribution in [2.45, 2.75) is 6.42 Å². The van der Waals surface area contributed by atoms with Crippen molar-refractivity contribution in [2.75, 3.05) is 5.32 Å². The van der Waals surface area contributed by atoms with Gasteiger partial charge >= 0.3 is 29.6 Å². The first kappa shape index (κ1) is 16.8. The van der Waals surface area contributed by atoms with Gasteiger partial charge < -0.3 is 15.2 Å². The number of halogens is 2. The quantitative estimate of drug-likeness (QED) is 0.812. The van der Waals surface area contributed by atoms with E-state index in [9.17, 15) is 9.90 Å². The Balaban J connectivity index is 0.00000180. The summed E-state index contributed by atoms with van der Waals surface area (Å²) in [6.45, 7) is 0. The molecule has 0 saturated carbocycles. The molecule has 1 aromatic heterocycles. The summed E-state index contributed by atoms with van der Waals surface area (Å²) in [5.41, 5.74) is 1.90. The zero-order chi connectivity index (χ0) is 13.1. The average Bonchev–Trinajstić information content (AvgIpc) is 2.70. The first-order chi connectivity index (χ1) is 8.58. The van der Waals surface area contributed by atoms with E-state index in [0.29, 0.717) is 27.0 Å². The van der Waals surface area contributed by atoms with E-state index in [4.69, 9.17) is 23.2 Å². The summed E-state index contributed by atoms with van der Waals surface area (Å²) in [6.07, 6.45) is -0.145. The van der Waals surface area contributed by atoms with E-state index in [-0.39, 0.29) is 36.0 Å². The zero-order valence-corrected chi connectivity index (χ0v) is 14.4. The van der Waals surface area contributed by atoms with E-state index in [0.717, 1.165) is 0 Å². The number of hydrogen-bond donors (Lipinski definition) is 1. The van der Waals surface area contributed by atoms with Crippen molar-refractivity contribution in [1.82, 2.24) is 0 Å². The van der Waals surface area contributed by atoms with Crippen molar-refractivity contribution in [1.29, 1.82) is 0 Å². The Morgan fingerprint density at radius 2 is 1.89 bits per heavy atom. The minimum atomic E-state index is -1.12. The molecule has 0 fully saturated rings. The number of thiophene rings is 1. The molecule has 7 heteroatoms. The van der Waals surface area contributed by atoms with Crippen LogP contribution in [0.4, 0.5) is 11.4 Å². The molecule has 0 unspecified atom stereocenters. The smallest absolute Gasteiger partial charge is 0.550 e. The maximum absolute atomic E-state index is 10.6. The van der Waals surface area contributed by atoms with Crippen molar-refractivity contribution in [3.05, 3.63) is 44.6 Å². The number of rotatable bonds is 4. The van der Waals surface area contributed by atoms with Crippen LogP contribution in [0.2, 0.25) is 10.0 Å². The minimum Gasteiger partial charge on any atom is -0.550 e. The van der Waals surface area contributed by atoms with Gasteiger partial charge in [-0.25, -0.2) is 0 Å². The summed E-state index contributed by atoms with van der Waals surface area (Å²) in [4.78, 5) is 10.6. The topological polar surface area (TPSA) is 52.2 Å². The van der Waals surface area contributed by atoms with Crippen LogP contribution in [-0.4, -0.2) is 5.97 Å². The monoisotopic (exact) mass is 323 g/mol. The fourth-order valence-corrected chi connectivity index (χ4v) is 2.76. The number of carbonyl (C=O) groups excluding carboxylic acids is 1. The van der Waals surface area contributed by atoms with Gasteiger partial charge in [0.05, 0.1) is 21.4 Å². The Labute approximate surface area is 146 Å². The summed E-state index contributed by atoms with van der Waals surface area (Å²) in [6, 6.07) is 5.16. The summed E-state index contributed by atoms with van der Waals surface area (Å²) in [5.74, 6) is -1.12. The molecule has 0 radical (unpaired) electrons. The first-order valence-corrected chi connectivity index (χ1v) is 6.73. The fourth-order valence-electron chi connectivity index (χ4n) is 1.48. The molecule has 0 aliphatic rings. The molecule has 3 nitrogen and oxygen atoms in total. The molecule has 1 N–H and O–H groups in total. The van der Waals surface area contributed by atoms with Gasteiger partial charge in [-0.3, -0.25) is 0 Å². The minimum absolute atomic E-state index is 0. The third-order valence-electron chi connectivity index (χ3n) is 2.30. The Morgan fingerprint density at radius 1 is 1.26 bits per heavy atom. The van der Waals surface area contributed by atoms with E-state index in [1.54, 1.807) is 29.0 Å². The third kappa shape index (κ3) is 4.38. The second kappa shape index (κ2) is 7.53. The van der Waals surface area contributed by atoms with Crippen molar-refractivity contribution >= 4 is 51.9 Å². The van der Waals surface area contributed by atoms with Crippen LogP contribution in [0, 0.1) is 0 Å². The van der Waals surface area contributed by atoms with Crippen LogP contribution in [-0.2, 0) is 11.2 Å². The molecular weight excluding hydrogens is 316 g/mol. The second-order valence-electron chi connectivity index (χ2n) is 3.58. The maximum atomic E-state index is 10.6. The standard InChI is InChI=1S/C12H9Cl2NO2S.Na/c13-8-2-1-3-9(14)12(8)15-10-6-18-5-7(10)4-11(16)17;/h1-3,5-6,15H,4H2,(H,16,17);/q;+1/p-1. The van der Waals surface area contributed by atoms with Gasteiger partial charge in [-0.15, -0.1) is 11.3 Å². The van der Waals surface area contributed by atoms with Gasteiger partial charge in [0.15, 0.2) is 0 Å². The number of nitrogens with one attached hydrogen (secondary N) is 1. The summed E-state index contributed by atoms with van der Waals surface area (Å²) in [5, 5.41) is 18.2. The van der Waals surface area contributed by atoms with Crippen LogP contribution < -0.4 is 40.0 Å². The number of benzene rings is 1. The van der Waals surface area contributed by atoms with Crippen LogP contribution in [0.3, 0.4) is 0 Å². The molecule has 0 spiro atoms. The van der Waals surface area contributed by atoms with Crippen LogP contribution in [0.15, 0.2) is 29.0 Å². The van der Waals surface area contributed by atoms with Gasteiger partial charge in [0.2, 0.25) is 0 Å². The first-order valence-electron chi connectivity index (χ1n) is 5.04. The fraction of sp³-hybridized carbons (Fsp3) is 0.0833. The van der Waals surface area contributed by atoms with Gasteiger partial charge in [0.1, 0.15) is 0 Å². The SMILES string of the molecule is O=C([O-])Cc1cscc1Nc1c(Cl)cccc1Cl.[Na+]. The Kier molecular flexibility index (Phi) is 6.66. The van der Waals surface area contributed by atoms with Crippen molar-refractivity contribution in [2.24, 2.45) is 0 Å². The number of anilines is 2. The number of aliphatic carboxylic acids is 1. The molecule has 2 aromatic rings. The van der Waals surface area contributed by atoms with E-state index >= 15 is 0 Å². The molecule has 0 aliphatic carbocycles. The number of hydrogen-bond acceptors (Lipinski definition) is 4. The third-order valence-corrected chi connectivity index (χ3v) is 3.72. The molecule has 1 aromatic carbocycles. The van der Waals surface area contributed by atoms with E-state index < -0.39 is 5.97 Å². The van der Waals surface area contributed by atoms with Crippen molar-refractivity contribution < 1.29 is 39.5 Å². The van der Waals surface area contributed by atoms with Crippen LogP contribution in [0.25, 0.3) is 0 Å². The second-order valence-corrected chi connectivity index (χ2v) is 5.14. The van der Waals surface area contributed by atoms with Gasteiger partial charge in [-0.1, -0.05) is 29.3 Å². The van der Waals surface area contributed by atoms with Crippen LogP contribution in [0.1, 0.15) is 5.56 Å². The van der Waals surface area contributed by atoms with Crippen LogP contribution in [0.5, 0.6) is 0 Å². The molecule has 0 bridgehead atoms. The normalized spacial score (nSPS) is 9.79. The zero-order valence-electron chi connectivity index (χ0n) is 10.1. The Bertz CT molecular complexity index is 569. The predicted molar refractivity (Wildman–Crippen MR) is 72.8 cm³/mol. The van der Waals surface area contributed by atoms with Crippen molar-refractivity contribution in [3.8, 4) is 0 Å². The average molecular weight is 324 g/mol. The predicted octanol–water partition coefficient (Wildman–Crippen LogP) is 0.0949. The number of carboxylic acids is 1. The molecule has 0 saturated heterocycles. The molecule has 0 amide bonds. The summed E-state index contributed by atoms with van der Waals surface area (Å²) >= 11 is 13.5. The molecule has 1 heterocycles.